The molecule has 88 valence electrons. The summed E-state index contributed by atoms with van der Waals surface area (Å²) in [5.74, 6) is -0.295. The molecule has 0 rings (SSSR count). The van der Waals surface area contributed by atoms with Crippen molar-refractivity contribution >= 4 is 11.9 Å². The Morgan fingerprint density at radius 2 is 1.73 bits per heavy atom. The fourth-order valence-corrected chi connectivity index (χ4v) is 1.01. The number of amides is 1. The van der Waals surface area contributed by atoms with Crippen LogP contribution in [0.3, 0.4) is 0 Å². The van der Waals surface area contributed by atoms with Crippen LogP contribution in [0, 0.1) is 0 Å². The molecule has 0 aromatic rings. The van der Waals surface area contributed by atoms with Crippen molar-refractivity contribution in [3.8, 4) is 0 Å². The van der Waals surface area contributed by atoms with Crippen molar-refractivity contribution in [3.05, 3.63) is 0 Å². The third-order valence-electron chi connectivity index (χ3n) is 2.01. The molecule has 0 fully saturated rings. The molecule has 0 aliphatic heterocycles. The molecule has 1 amide bonds. The van der Waals surface area contributed by atoms with Crippen molar-refractivity contribution in [2.24, 2.45) is 0 Å². The quantitative estimate of drug-likeness (QED) is 0.585. The Hall–Kier alpha value is -1.10. The smallest absolute Gasteiger partial charge is 0.320 e. The third-order valence-corrected chi connectivity index (χ3v) is 2.01. The highest BCUT2D eigenvalue weighted by molar-refractivity contribution is 5.79. The van der Waals surface area contributed by atoms with Gasteiger partial charge in [-0.25, -0.2) is 0 Å². The molecule has 0 saturated heterocycles. The first-order valence-corrected chi connectivity index (χ1v) is 5.09. The molecule has 0 radical (unpaired) electrons. The van der Waals surface area contributed by atoms with Gasteiger partial charge in [-0.1, -0.05) is 0 Å². The van der Waals surface area contributed by atoms with Crippen LogP contribution in [0.2, 0.25) is 0 Å². The van der Waals surface area contributed by atoms with Crippen LogP contribution in [0.15, 0.2) is 0 Å². The Labute approximate surface area is 91.0 Å². The monoisotopic (exact) mass is 216 g/mol. The predicted octanol–water partition coefficient (Wildman–Crippen LogP) is -0.0404. The third kappa shape index (κ3) is 6.06. The Bertz CT molecular complexity index is 219. The van der Waals surface area contributed by atoms with Gasteiger partial charge in [0.15, 0.2) is 0 Å². The molecular weight excluding hydrogens is 196 g/mol. The summed E-state index contributed by atoms with van der Waals surface area (Å²) in [4.78, 5) is 25.8. The number of hydrogen-bond donors (Lipinski definition) is 0. The maximum Gasteiger partial charge on any atom is 0.320 e. The van der Waals surface area contributed by atoms with Gasteiger partial charge in [0.1, 0.15) is 0 Å². The molecule has 5 heteroatoms. The lowest BCUT2D eigenvalue weighted by Gasteiger charge is -2.19. The van der Waals surface area contributed by atoms with Gasteiger partial charge in [0.2, 0.25) is 5.91 Å². The Balaban J connectivity index is 3.87. The standard InChI is InChI=1S/C10H20N2O3/c1-5-12(4)9(13)7-11(3)8-10(14)15-6-2/h5-8H2,1-4H3. The first-order chi connectivity index (χ1) is 7.01. The molecule has 0 aliphatic rings. The maximum atomic E-state index is 11.5. The van der Waals surface area contributed by atoms with E-state index in [2.05, 4.69) is 0 Å². The molecule has 0 atom stereocenters. The maximum absolute atomic E-state index is 11.5. The van der Waals surface area contributed by atoms with E-state index < -0.39 is 0 Å². The number of carbonyl (C=O) groups excluding carboxylic acids is 2. The van der Waals surface area contributed by atoms with Crippen molar-refractivity contribution in [2.45, 2.75) is 13.8 Å². The average Bonchev–Trinajstić information content (AvgIpc) is 2.16. The Kier molecular flexibility index (Phi) is 6.70. The van der Waals surface area contributed by atoms with E-state index in [0.717, 1.165) is 0 Å². The van der Waals surface area contributed by atoms with Crippen LogP contribution in [0.25, 0.3) is 0 Å². The molecule has 0 saturated carbocycles. The molecule has 0 heterocycles. The van der Waals surface area contributed by atoms with Crippen LogP contribution in [0.5, 0.6) is 0 Å². The first-order valence-electron chi connectivity index (χ1n) is 5.09. The normalized spacial score (nSPS) is 10.2. The zero-order valence-corrected chi connectivity index (χ0v) is 9.95. The van der Waals surface area contributed by atoms with Crippen LogP contribution in [0.4, 0.5) is 0 Å². The number of hydrogen-bond acceptors (Lipinski definition) is 4. The van der Waals surface area contributed by atoms with Gasteiger partial charge in [-0.3, -0.25) is 14.5 Å². The molecule has 0 N–H and O–H groups in total. The predicted molar refractivity (Wildman–Crippen MR) is 57.4 cm³/mol. The second-order valence-electron chi connectivity index (χ2n) is 3.39. The van der Waals surface area contributed by atoms with Crippen LogP contribution < -0.4 is 0 Å². The largest absolute Gasteiger partial charge is 0.465 e. The lowest BCUT2D eigenvalue weighted by molar-refractivity contribution is -0.144. The Morgan fingerprint density at radius 3 is 2.20 bits per heavy atom. The molecule has 5 nitrogen and oxygen atoms in total. The van der Waals surface area contributed by atoms with Crippen molar-refractivity contribution in [2.75, 3.05) is 40.3 Å². The summed E-state index contributed by atoms with van der Waals surface area (Å²) in [6.45, 7) is 5.10. The van der Waals surface area contributed by atoms with Crippen LogP contribution in [-0.2, 0) is 14.3 Å². The van der Waals surface area contributed by atoms with Gasteiger partial charge in [-0.15, -0.1) is 0 Å². The zero-order chi connectivity index (χ0) is 11.8. The molecule has 0 aliphatic carbocycles. The second kappa shape index (κ2) is 7.23. The van der Waals surface area contributed by atoms with E-state index >= 15 is 0 Å². The number of likely N-dealkylation sites (N-methyl/N-ethyl adjacent to an activating group) is 2. The number of esters is 1. The minimum atomic E-state index is -0.299. The van der Waals surface area contributed by atoms with E-state index in [9.17, 15) is 9.59 Å². The lowest BCUT2D eigenvalue weighted by Crippen LogP contribution is -2.38. The minimum Gasteiger partial charge on any atom is -0.465 e. The van der Waals surface area contributed by atoms with E-state index in [1.54, 1.807) is 30.8 Å². The highest BCUT2D eigenvalue weighted by Crippen LogP contribution is 1.90. The van der Waals surface area contributed by atoms with Gasteiger partial charge in [0.05, 0.1) is 19.7 Å². The number of rotatable bonds is 6. The van der Waals surface area contributed by atoms with Gasteiger partial charge in [-0.2, -0.15) is 0 Å². The number of nitrogens with zero attached hydrogens (tertiary/aromatic N) is 2. The SMILES string of the molecule is CCOC(=O)CN(C)CC(=O)N(C)CC. The summed E-state index contributed by atoms with van der Waals surface area (Å²) < 4.78 is 4.78. The van der Waals surface area contributed by atoms with E-state index in [1.807, 2.05) is 6.92 Å². The van der Waals surface area contributed by atoms with Crippen LogP contribution in [-0.4, -0.2) is 62.0 Å². The molecule has 0 bridgehead atoms. The summed E-state index contributed by atoms with van der Waals surface area (Å²) in [5.41, 5.74) is 0. The van der Waals surface area contributed by atoms with Crippen LogP contribution in [0.1, 0.15) is 13.8 Å². The highest BCUT2D eigenvalue weighted by Gasteiger charge is 2.13. The molecular formula is C10H20N2O3. The highest BCUT2D eigenvalue weighted by atomic mass is 16.5. The van der Waals surface area contributed by atoms with E-state index in [4.69, 9.17) is 4.74 Å². The van der Waals surface area contributed by atoms with Gasteiger partial charge in [0.25, 0.3) is 0 Å². The molecule has 0 unspecified atom stereocenters. The van der Waals surface area contributed by atoms with Gasteiger partial charge < -0.3 is 9.64 Å². The molecule has 0 spiro atoms. The number of ether oxygens (including phenoxy) is 1. The number of carbonyl (C=O) groups is 2. The zero-order valence-electron chi connectivity index (χ0n) is 9.95. The van der Waals surface area contributed by atoms with E-state index in [-0.39, 0.29) is 25.0 Å². The fourth-order valence-electron chi connectivity index (χ4n) is 1.01. The van der Waals surface area contributed by atoms with Crippen molar-refractivity contribution in [1.82, 2.24) is 9.80 Å². The molecule has 0 aromatic carbocycles. The summed E-state index contributed by atoms with van der Waals surface area (Å²) in [5, 5.41) is 0. The summed E-state index contributed by atoms with van der Waals surface area (Å²) in [7, 11) is 3.46. The van der Waals surface area contributed by atoms with E-state index in [1.165, 1.54) is 0 Å². The lowest BCUT2D eigenvalue weighted by atomic mass is 10.4. The fraction of sp³-hybridized carbons (Fsp3) is 0.800. The minimum absolute atomic E-state index is 0.00398. The topological polar surface area (TPSA) is 49.9 Å². The van der Waals surface area contributed by atoms with E-state index in [0.29, 0.717) is 13.2 Å². The van der Waals surface area contributed by atoms with Crippen molar-refractivity contribution < 1.29 is 14.3 Å². The first kappa shape index (κ1) is 13.9. The molecule has 15 heavy (non-hydrogen) atoms. The van der Waals surface area contributed by atoms with Crippen molar-refractivity contribution in [1.29, 1.82) is 0 Å². The van der Waals surface area contributed by atoms with Crippen molar-refractivity contribution in [3.63, 3.8) is 0 Å². The Morgan fingerprint density at radius 1 is 1.13 bits per heavy atom. The van der Waals surface area contributed by atoms with Gasteiger partial charge in [-0.05, 0) is 20.9 Å². The van der Waals surface area contributed by atoms with Gasteiger partial charge >= 0.3 is 5.97 Å². The second-order valence-corrected chi connectivity index (χ2v) is 3.39. The summed E-state index contributed by atoms with van der Waals surface area (Å²) in [6, 6.07) is 0. The summed E-state index contributed by atoms with van der Waals surface area (Å²) in [6.07, 6.45) is 0. The summed E-state index contributed by atoms with van der Waals surface area (Å²) >= 11 is 0. The van der Waals surface area contributed by atoms with Gasteiger partial charge in [0, 0.05) is 13.6 Å². The average molecular weight is 216 g/mol. The molecule has 0 aromatic heterocycles. The van der Waals surface area contributed by atoms with Crippen LogP contribution >= 0.6 is 0 Å².